The van der Waals surface area contributed by atoms with Crippen LogP contribution < -0.4 is 4.74 Å². The van der Waals surface area contributed by atoms with Gasteiger partial charge >= 0.3 is 12.6 Å². The maximum Gasteiger partial charge on any atom is 0.387 e. The number of hydrogen-bond acceptors (Lipinski definition) is 3. The summed E-state index contributed by atoms with van der Waals surface area (Å²) in [5, 5.41) is 9.46. The number of likely N-dealkylation sites (tertiary alicyclic amines) is 1. The van der Waals surface area contributed by atoms with Gasteiger partial charge in [-0.05, 0) is 39.3 Å². The standard InChI is InChI=1S/C15H19F2NO3/c1-10(18-9-5-8-15(18,2)13(19)20)11-6-3-4-7-12(11)21-14(16)17/h3-4,6-7,10,14H,5,8-9H2,1-2H3,(H,19,20). The van der Waals surface area contributed by atoms with Crippen LogP contribution in [0.15, 0.2) is 24.3 Å². The Morgan fingerprint density at radius 3 is 2.71 bits per heavy atom. The molecule has 0 saturated carbocycles. The highest BCUT2D eigenvalue weighted by Gasteiger charge is 2.46. The number of aliphatic carboxylic acids is 1. The number of carboxylic acid groups (broad SMARTS) is 1. The lowest BCUT2D eigenvalue weighted by molar-refractivity contribution is -0.150. The van der Waals surface area contributed by atoms with Gasteiger partial charge in [-0.2, -0.15) is 8.78 Å². The van der Waals surface area contributed by atoms with Crippen molar-refractivity contribution in [2.75, 3.05) is 6.54 Å². The molecule has 6 heteroatoms. The van der Waals surface area contributed by atoms with Gasteiger partial charge in [0.1, 0.15) is 11.3 Å². The fraction of sp³-hybridized carbons (Fsp3) is 0.533. The molecule has 0 spiro atoms. The van der Waals surface area contributed by atoms with E-state index in [4.69, 9.17) is 0 Å². The van der Waals surface area contributed by atoms with Gasteiger partial charge in [0, 0.05) is 11.6 Å². The molecule has 0 amide bonds. The third-order valence-corrected chi connectivity index (χ3v) is 4.21. The molecule has 0 radical (unpaired) electrons. The van der Waals surface area contributed by atoms with Crippen molar-refractivity contribution in [3.63, 3.8) is 0 Å². The first-order valence-corrected chi connectivity index (χ1v) is 6.90. The molecule has 1 aliphatic heterocycles. The fourth-order valence-electron chi connectivity index (χ4n) is 3.03. The molecule has 21 heavy (non-hydrogen) atoms. The van der Waals surface area contributed by atoms with E-state index in [1.807, 2.05) is 11.8 Å². The summed E-state index contributed by atoms with van der Waals surface area (Å²) in [5.74, 6) is -0.793. The second-order valence-corrected chi connectivity index (χ2v) is 5.47. The Labute approximate surface area is 122 Å². The first-order chi connectivity index (χ1) is 9.86. The maximum absolute atomic E-state index is 12.5. The normalized spacial score (nSPS) is 24.2. The van der Waals surface area contributed by atoms with Gasteiger partial charge < -0.3 is 9.84 Å². The van der Waals surface area contributed by atoms with Crippen LogP contribution in [0.1, 0.15) is 38.3 Å². The molecule has 1 N–H and O–H groups in total. The van der Waals surface area contributed by atoms with Crippen molar-refractivity contribution >= 4 is 5.97 Å². The molecular weight excluding hydrogens is 280 g/mol. The predicted molar refractivity (Wildman–Crippen MR) is 73.5 cm³/mol. The fourth-order valence-corrected chi connectivity index (χ4v) is 3.03. The van der Waals surface area contributed by atoms with E-state index in [9.17, 15) is 18.7 Å². The number of nitrogens with zero attached hydrogens (tertiary/aromatic N) is 1. The minimum Gasteiger partial charge on any atom is -0.480 e. The molecule has 116 valence electrons. The van der Waals surface area contributed by atoms with Gasteiger partial charge in [-0.15, -0.1) is 0 Å². The third kappa shape index (κ3) is 3.00. The number of carboxylic acids is 1. The quantitative estimate of drug-likeness (QED) is 0.906. The molecule has 1 heterocycles. The first kappa shape index (κ1) is 15.7. The summed E-state index contributed by atoms with van der Waals surface area (Å²) >= 11 is 0. The van der Waals surface area contributed by atoms with E-state index in [1.165, 1.54) is 6.07 Å². The highest BCUT2D eigenvalue weighted by atomic mass is 19.3. The zero-order chi connectivity index (χ0) is 15.6. The zero-order valence-electron chi connectivity index (χ0n) is 12.1. The van der Waals surface area contributed by atoms with Gasteiger partial charge in [-0.3, -0.25) is 9.69 Å². The molecule has 2 atom stereocenters. The molecule has 0 bridgehead atoms. The summed E-state index contributed by atoms with van der Waals surface area (Å²) in [7, 11) is 0. The Kier molecular flexibility index (Phi) is 4.46. The lowest BCUT2D eigenvalue weighted by atomic mass is 9.95. The van der Waals surface area contributed by atoms with Crippen LogP contribution in [0.4, 0.5) is 8.78 Å². The number of ether oxygens (including phenoxy) is 1. The number of alkyl halides is 2. The Balaban J connectivity index is 2.32. The summed E-state index contributed by atoms with van der Waals surface area (Å²) in [6, 6.07) is 6.21. The minimum absolute atomic E-state index is 0.0969. The molecule has 1 aliphatic rings. The number of benzene rings is 1. The number of carbonyl (C=O) groups is 1. The van der Waals surface area contributed by atoms with Crippen LogP contribution in [0.5, 0.6) is 5.75 Å². The van der Waals surface area contributed by atoms with E-state index in [0.717, 1.165) is 6.42 Å². The molecule has 1 aromatic rings. The van der Waals surface area contributed by atoms with Crippen LogP contribution in [-0.4, -0.2) is 34.7 Å². The topological polar surface area (TPSA) is 49.8 Å². The second kappa shape index (κ2) is 5.97. The first-order valence-electron chi connectivity index (χ1n) is 6.90. The van der Waals surface area contributed by atoms with Crippen LogP contribution in [0, 0.1) is 0 Å². The molecule has 1 fully saturated rings. The molecular formula is C15H19F2NO3. The van der Waals surface area contributed by atoms with Gasteiger partial charge in [-0.25, -0.2) is 0 Å². The van der Waals surface area contributed by atoms with Gasteiger partial charge in [0.05, 0.1) is 0 Å². The molecule has 0 aliphatic carbocycles. The van der Waals surface area contributed by atoms with Crippen LogP contribution in [0.2, 0.25) is 0 Å². The Hall–Kier alpha value is -1.69. The summed E-state index contributed by atoms with van der Waals surface area (Å²) in [4.78, 5) is 13.4. The average molecular weight is 299 g/mol. The zero-order valence-corrected chi connectivity index (χ0v) is 12.1. The van der Waals surface area contributed by atoms with Crippen LogP contribution >= 0.6 is 0 Å². The molecule has 0 aromatic heterocycles. The highest BCUT2D eigenvalue weighted by molar-refractivity contribution is 5.78. The monoisotopic (exact) mass is 299 g/mol. The summed E-state index contributed by atoms with van der Waals surface area (Å²) < 4.78 is 29.5. The van der Waals surface area contributed by atoms with E-state index >= 15 is 0 Å². The van der Waals surface area contributed by atoms with Crippen LogP contribution in [0.3, 0.4) is 0 Å². The summed E-state index contributed by atoms with van der Waals surface area (Å²) in [6.07, 6.45) is 1.32. The second-order valence-electron chi connectivity index (χ2n) is 5.47. The van der Waals surface area contributed by atoms with Crippen LogP contribution in [-0.2, 0) is 4.79 Å². The third-order valence-electron chi connectivity index (χ3n) is 4.21. The molecule has 2 unspecified atom stereocenters. The van der Waals surface area contributed by atoms with Crippen molar-refractivity contribution in [2.24, 2.45) is 0 Å². The Bertz CT molecular complexity index is 523. The van der Waals surface area contributed by atoms with Gasteiger partial charge in [0.2, 0.25) is 0 Å². The number of rotatable bonds is 5. The van der Waals surface area contributed by atoms with Crippen molar-refractivity contribution < 1.29 is 23.4 Å². The van der Waals surface area contributed by atoms with Crippen molar-refractivity contribution in [1.29, 1.82) is 0 Å². The van der Waals surface area contributed by atoms with E-state index in [-0.39, 0.29) is 11.8 Å². The largest absolute Gasteiger partial charge is 0.480 e. The number of para-hydroxylation sites is 1. The van der Waals surface area contributed by atoms with Crippen molar-refractivity contribution in [3.05, 3.63) is 29.8 Å². The number of halogens is 2. The smallest absolute Gasteiger partial charge is 0.387 e. The maximum atomic E-state index is 12.5. The average Bonchev–Trinajstić information content (AvgIpc) is 2.81. The van der Waals surface area contributed by atoms with E-state index in [1.54, 1.807) is 25.1 Å². The van der Waals surface area contributed by atoms with Gasteiger partial charge in [0.15, 0.2) is 0 Å². The van der Waals surface area contributed by atoms with E-state index in [2.05, 4.69) is 4.74 Å². The Morgan fingerprint density at radius 2 is 2.10 bits per heavy atom. The lowest BCUT2D eigenvalue weighted by Gasteiger charge is -2.36. The molecule has 4 nitrogen and oxygen atoms in total. The van der Waals surface area contributed by atoms with Crippen molar-refractivity contribution in [1.82, 2.24) is 4.90 Å². The highest BCUT2D eigenvalue weighted by Crippen LogP contribution is 2.39. The minimum atomic E-state index is -2.90. The molecule has 1 saturated heterocycles. The van der Waals surface area contributed by atoms with Crippen molar-refractivity contribution in [2.45, 2.75) is 44.9 Å². The Morgan fingerprint density at radius 1 is 1.43 bits per heavy atom. The molecule has 2 rings (SSSR count). The van der Waals surface area contributed by atoms with Gasteiger partial charge in [0.25, 0.3) is 0 Å². The SMILES string of the molecule is CC(c1ccccc1OC(F)F)N1CCCC1(C)C(=O)O. The van der Waals surface area contributed by atoms with E-state index < -0.39 is 18.1 Å². The van der Waals surface area contributed by atoms with Crippen molar-refractivity contribution in [3.8, 4) is 5.75 Å². The van der Waals surface area contributed by atoms with E-state index in [0.29, 0.717) is 18.5 Å². The number of hydrogen-bond donors (Lipinski definition) is 1. The van der Waals surface area contributed by atoms with Crippen LogP contribution in [0.25, 0.3) is 0 Å². The molecule has 1 aromatic carbocycles. The lowest BCUT2D eigenvalue weighted by Crippen LogP contribution is -2.48. The summed E-state index contributed by atoms with van der Waals surface area (Å²) in [5.41, 5.74) is -0.399. The summed E-state index contributed by atoms with van der Waals surface area (Å²) in [6.45, 7) is 1.21. The van der Waals surface area contributed by atoms with Gasteiger partial charge in [-0.1, -0.05) is 18.2 Å². The predicted octanol–water partition coefficient (Wildman–Crippen LogP) is 3.29.